The third-order valence-corrected chi connectivity index (χ3v) is 1.64. The van der Waals surface area contributed by atoms with Crippen LogP contribution in [0.3, 0.4) is 0 Å². The van der Waals surface area contributed by atoms with Gasteiger partial charge >= 0.3 is 6.09 Å². The van der Waals surface area contributed by atoms with E-state index in [0.29, 0.717) is 11.3 Å². The average molecular weight is 193 g/mol. The number of nitrogen functional groups attached to an aromatic ring is 1. The molecule has 1 amide bonds. The molecular weight excluding hydrogens is 182 g/mol. The smallest absolute Gasteiger partial charge is 0.427 e. The van der Waals surface area contributed by atoms with Crippen molar-refractivity contribution in [1.29, 1.82) is 0 Å². The molecule has 1 aromatic rings. The van der Waals surface area contributed by atoms with Crippen LogP contribution >= 0.6 is 0 Å². The van der Waals surface area contributed by atoms with Gasteiger partial charge in [0.15, 0.2) is 0 Å². The number of anilines is 1. The zero-order valence-electron chi connectivity index (χ0n) is 7.71. The van der Waals surface area contributed by atoms with Gasteiger partial charge in [0.05, 0.1) is 6.21 Å². The number of amides is 1. The van der Waals surface area contributed by atoms with E-state index in [9.17, 15) is 4.79 Å². The Balaban J connectivity index is 2.78. The van der Waals surface area contributed by atoms with E-state index in [-0.39, 0.29) is 0 Å². The van der Waals surface area contributed by atoms with Crippen LogP contribution < -0.4 is 5.73 Å². The molecule has 0 aliphatic heterocycles. The zero-order chi connectivity index (χ0) is 10.6. The lowest BCUT2D eigenvalue weighted by Gasteiger charge is -2.04. The van der Waals surface area contributed by atoms with Crippen LogP contribution in [-0.4, -0.2) is 29.5 Å². The summed E-state index contributed by atoms with van der Waals surface area (Å²) in [5.41, 5.74) is 6.89. The molecule has 0 saturated carbocycles. The number of para-hydroxylation sites is 1. The Morgan fingerprint density at radius 1 is 1.57 bits per heavy atom. The van der Waals surface area contributed by atoms with Gasteiger partial charge in [0, 0.05) is 18.3 Å². The number of hydrogen-bond acceptors (Lipinski definition) is 3. The van der Waals surface area contributed by atoms with Gasteiger partial charge in [-0.05, 0) is 6.07 Å². The minimum atomic E-state index is -1.12. The normalized spacial score (nSPS) is 10.4. The first-order valence-electron chi connectivity index (χ1n) is 3.96. The van der Waals surface area contributed by atoms with Crippen LogP contribution in [0.2, 0.25) is 0 Å². The molecule has 0 saturated heterocycles. The number of carbonyl (C=O) groups is 1. The molecule has 1 rings (SSSR count). The Bertz CT molecular complexity index is 363. The quantitative estimate of drug-likeness (QED) is 0.421. The van der Waals surface area contributed by atoms with E-state index in [4.69, 9.17) is 10.8 Å². The molecule has 0 spiro atoms. The van der Waals surface area contributed by atoms with Crippen molar-refractivity contribution in [3.05, 3.63) is 29.8 Å². The van der Waals surface area contributed by atoms with E-state index < -0.39 is 6.09 Å². The summed E-state index contributed by atoms with van der Waals surface area (Å²) in [6.45, 7) is 0. The summed E-state index contributed by atoms with van der Waals surface area (Å²) < 4.78 is 0. The van der Waals surface area contributed by atoms with Gasteiger partial charge < -0.3 is 10.8 Å². The van der Waals surface area contributed by atoms with Crippen molar-refractivity contribution in [2.45, 2.75) is 0 Å². The molecule has 0 unspecified atom stereocenters. The zero-order valence-corrected chi connectivity index (χ0v) is 7.71. The summed E-state index contributed by atoms with van der Waals surface area (Å²) in [6, 6.07) is 7.09. The number of hydrogen-bond donors (Lipinski definition) is 2. The summed E-state index contributed by atoms with van der Waals surface area (Å²) in [6.07, 6.45) is 0.291. The van der Waals surface area contributed by atoms with Crippen molar-refractivity contribution in [1.82, 2.24) is 5.01 Å². The van der Waals surface area contributed by atoms with Crippen molar-refractivity contribution in [2.24, 2.45) is 5.10 Å². The number of hydrazone groups is 1. The number of nitrogens with two attached hydrogens (primary N) is 1. The van der Waals surface area contributed by atoms with Crippen molar-refractivity contribution < 1.29 is 9.90 Å². The fraction of sp³-hybridized carbons (Fsp3) is 0.111. The predicted molar refractivity (Wildman–Crippen MR) is 54.2 cm³/mol. The molecule has 0 radical (unpaired) electrons. The average Bonchev–Trinajstić information content (AvgIpc) is 2.16. The number of rotatable bonds is 2. The van der Waals surface area contributed by atoms with E-state index in [1.165, 1.54) is 13.3 Å². The molecule has 3 N–H and O–H groups in total. The molecule has 0 atom stereocenters. The number of carboxylic acid groups (broad SMARTS) is 1. The topological polar surface area (TPSA) is 78.9 Å². The predicted octanol–water partition coefficient (Wildman–Crippen LogP) is 1.21. The third kappa shape index (κ3) is 2.48. The lowest BCUT2D eigenvalue weighted by molar-refractivity contribution is 0.158. The molecule has 0 fully saturated rings. The van der Waals surface area contributed by atoms with Gasteiger partial charge in [0.1, 0.15) is 0 Å². The van der Waals surface area contributed by atoms with Crippen LogP contribution in [0.4, 0.5) is 10.5 Å². The fourth-order valence-electron chi connectivity index (χ4n) is 0.827. The molecule has 5 heteroatoms. The number of benzene rings is 1. The largest absolute Gasteiger partial charge is 0.464 e. The van der Waals surface area contributed by atoms with E-state index >= 15 is 0 Å². The first-order chi connectivity index (χ1) is 6.61. The van der Waals surface area contributed by atoms with Crippen LogP contribution in [0.5, 0.6) is 0 Å². The van der Waals surface area contributed by atoms with Crippen molar-refractivity contribution >= 4 is 18.0 Å². The second-order valence-corrected chi connectivity index (χ2v) is 2.68. The van der Waals surface area contributed by atoms with Crippen LogP contribution in [0.1, 0.15) is 5.56 Å². The second kappa shape index (κ2) is 4.27. The summed E-state index contributed by atoms with van der Waals surface area (Å²) >= 11 is 0. The molecule has 0 aliphatic carbocycles. The highest BCUT2D eigenvalue weighted by Gasteiger charge is 2.01. The van der Waals surface area contributed by atoms with Gasteiger partial charge in [0.2, 0.25) is 0 Å². The van der Waals surface area contributed by atoms with Gasteiger partial charge in [-0.3, -0.25) is 0 Å². The molecule has 1 aromatic carbocycles. The van der Waals surface area contributed by atoms with Gasteiger partial charge in [0.25, 0.3) is 0 Å². The first-order valence-corrected chi connectivity index (χ1v) is 3.96. The molecule has 0 heterocycles. The van der Waals surface area contributed by atoms with Gasteiger partial charge in [-0.25, -0.2) is 9.80 Å². The van der Waals surface area contributed by atoms with Crippen molar-refractivity contribution in [3.63, 3.8) is 0 Å². The Morgan fingerprint density at radius 3 is 2.79 bits per heavy atom. The van der Waals surface area contributed by atoms with Gasteiger partial charge in [-0.2, -0.15) is 5.10 Å². The number of nitrogens with zero attached hydrogens (tertiary/aromatic N) is 2. The Morgan fingerprint density at radius 2 is 2.21 bits per heavy atom. The van der Waals surface area contributed by atoms with Crippen molar-refractivity contribution in [2.75, 3.05) is 12.8 Å². The van der Waals surface area contributed by atoms with E-state index in [0.717, 1.165) is 5.01 Å². The van der Waals surface area contributed by atoms with Crippen LogP contribution in [-0.2, 0) is 0 Å². The summed E-state index contributed by atoms with van der Waals surface area (Å²) in [5.74, 6) is 0. The van der Waals surface area contributed by atoms with Crippen LogP contribution in [0.15, 0.2) is 29.4 Å². The molecule has 14 heavy (non-hydrogen) atoms. The first kappa shape index (κ1) is 10.0. The maximum atomic E-state index is 10.4. The molecular formula is C9H11N3O2. The Labute approximate surface area is 81.4 Å². The standard InChI is InChI=1S/C9H11N3O2/c1-12(9(13)14)11-6-7-4-2-3-5-8(7)10/h2-6H,10H2,1H3,(H,13,14). The lowest BCUT2D eigenvalue weighted by atomic mass is 10.2. The fourth-order valence-corrected chi connectivity index (χ4v) is 0.827. The highest BCUT2D eigenvalue weighted by atomic mass is 16.4. The van der Waals surface area contributed by atoms with E-state index in [1.807, 2.05) is 0 Å². The van der Waals surface area contributed by atoms with Crippen LogP contribution in [0.25, 0.3) is 0 Å². The Kier molecular flexibility index (Phi) is 3.06. The van der Waals surface area contributed by atoms with Crippen LogP contribution in [0, 0.1) is 0 Å². The monoisotopic (exact) mass is 193 g/mol. The molecule has 74 valence electrons. The second-order valence-electron chi connectivity index (χ2n) is 2.68. The molecule has 5 nitrogen and oxygen atoms in total. The van der Waals surface area contributed by atoms with Gasteiger partial charge in [-0.1, -0.05) is 18.2 Å². The van der Waals surface area contributed by atoms with Crippen molar-refractivity contribution in [3.8, 4) is 0 Å². The minimum Gasteiger partial charge on any atom is -0.464 e. The SMILES string of the molecule is CN(N=Cc1ccccc1N)C(=O)O. The lowest BCUT2D eigenvalue weighted by Crippen LogP contribution is -2.18. The highest BCUT2D eigenvalue weighted by Crippen LogP contribution is 2.07. The maximum absolute atomic E-state index is 10.4. The highest BCUT2D eigenvalue weighted by molar-refractivity contribution is 5.87. The van der Waals surface area contributed by atoms with E-state index in [2.05, 4.69) is 5.10 Å². The summed E-state index contributed by atoms with van der Waals surface area (Å²) in [5, 5.41) is 13.0. The summed E-state index contributed by atoms with van der Waals surface area (Å²) in [7, 11) is 1.35. The molecule has 0 aliphatic rings. The van der Waals surface area contributed by atoms with E-state index in [1.54, 1.807) is 24.3 Å². The van der Waals surface area contributed by atoms with Gasteiger partial charge in [-0.15, -0.1) is 0 Å². The third-order valence-electron chi connectivity index (χ3n) is 1.64. The summed E-state index contributed by atoms with van der Waals surface area (Å²) in [4.78, 5) is 10.4. The molecule has 0 bridgehead atoms. The Hall–Kier alpha value is -2.04. The maximum Gasteiger partial charge on any atom is 0.427 e. The molecule has 0 aromatic heterocycles. The minimum absolute atomic E-state index is 0.565.